The Balaban J connectivity index is 2.71. The van der Waals surface area contributed by atoms with Crippen molar-refractivity contribution in [2.75, 3.05) is 0 Å². The van der Waals surface area contributed by atoms with Crippen LogP contribution in [0.4, 0.5) is 0 Å². The summed E-state index contributed by atoms with van der Waals surface area (Å²) in [6.45, 7) is 0. The third kappa shape index (κ3) is 0.683. The molecule has 1 rings (SSSR count). The first-order valence-corrected chi connectivity index (χ1v) is 2.59. The molecule has 1 aliphatic heterocycles. The fourth-order valence-corrected chi connectivity index (χ4v) is 0.742. The van der Waals surface area contributed by atoms with Crippen LogP contribution in [0.1, 0.15) is 0 Å². The number of amides is 2. The molecule has 8 heavy (non-hydrogen) atoms. The minimum atomic E-state index is -0.963. The normalized spacial score (nSPS) is 28.4. The maximum Gasteiger partial charge on any atom is 0.415 e. The Kier molecular flexibility index (Phi) is 1.20. The molecule has 0 saturated carbocycles. The van der Waals surface area contributed by atoms with E-state index in [-0.39, 0.29) is 0 Å². The first-order chi connectivity index (χ1) is 3.72. The average molecular weight is 134 g/mol. The third-order valence-electron chi connectivity index (χ3n) is 0.628. The summed E-state index contributed by atoms with van der Waals surface area (Å²) in [5.74, 6) is -1.78. The molecule has 0 spiro atoms. The lowest BCUT2D eigenvalue weighted by atomic mass is 10.6. The van der Waals surface area contributed by atoms with Crippen LogP contribution < -0.4 is 9.19 Å². The van der Waals surface area contributed by atoms with Crippen LogP contribution in [-0.2, 0) is 9.59 Å². The van der Waals surface area contributed by atoms with Gasteiger partial charge >= 0.3 is 11.8 Å². The van der Waals surface area contributed by atoms with Gasteiger partial charge in [-0.3, -0.25) is 4.79 Å². The van der Waals surface area contributed by atoms with Crippen LogP contribution in [0.5, 0.6) is 0 Å². The van der Waals surface area contributed by atoms with Crippen LogP contribution in [0, 0.1) is 5.21 Å². The Morgan fingerprint density at radius 3 is 2.38 bits per heavy atom. The summed E-state index contributed by atoms with van der Waals surface area (Å²) < 4.78 is 1.27. The van der Waals surface area contributed by atoms with Gasteiger partial charge in [0.15, 0.2) is 0 Å². The van der Waals surface area contributed by atoms with Crippen LogP contribution in [0.15, 0.2) is 0 Å². The van der Waals surface area contributed by atoms with Crippen molar-refractivity contribution in [3.05, 3.63) is 5.21 Å². The SMILES string of the molecule is O=C1NS[NH+]([O-])C1=O. The molecular formula is C2H2N2O3S. The lowest BCUT2D eigenvalue weighted by Gasteiger charge is -2.01. The highest BCUT2D eigenvalue weighted by Gasteiger charge is 2.31. The van der Waals surface area contributed by atoms with Gasteiger partial charge in [0.05, 0.1) is 0 Å². The number of carbonyl (C=O) groups excluding carboxylic acids is 2. The average Bonchev–Trinajstić information content (AvgIpc) is 1.98. The molecular weight excluding hydrogens is 132 g/mol. The molecule has 1 saturated heterocycles. The van der Waals surface area contributed by atoms with Gasteiger partial charge in [0.2, 0.25) is 12.1 Å². The zero-order valence-electron chi connectivity index (χ0n) is 3.63. The smallest absolute Gasteiger partial charge is 0.415 e. The zero-order chi connectivity index (χ0) is 6.15. The van der Waals surface area contributed by atoms with E-state index < -0.39 is 16.3 Å². The summed E-state index contributed by atoms with van der Waals surface area (Å²) in [4.78, 5) is 20.2. The second kappa shape index (κ2) is 1.73. The zero-order valence-corrected chi connectivity index (χ0v) is 4.45. The number of hydrogen-bond donors (Lipinski definition) is 2. The molecule has 0 aromatic heterocycles. The molecule has 1 unspecified atom stereocenters. The largest absolute Gasteiger partial charge is 0.612 e. The summed E-state index contributed by atoms with van der Waals surface area (Å²) in [6, 6.07) is 0. The van der Waals surface area contributed by atoms with E-state index in [9.17, 15) is 14.8 Å². The molecule has 1 fully saturated rings. The number of nitrogens with one attached hydrogen (secondary N) is 2. The topological polar surface area (TPSA) is 73.7 Å². The fraction of sp³-hybridized carbons (Fsp3) is 0. The molecule has 2 amide bonds. The number of carbonyl (C=O) groups is 2. The molecule has 2 N–H and O–H groups in total. The van der Waals surface area contributed by atoms with Gasteiger partial charge in [-0.15, -0.1) is 0 Å². The molecule has 0 aromatic carbocycles. The lowest BCUT2D eigenvalue weighted by Crippen LogP contribution is -3.02. The second-order valence-electron chi connectivity index (χ2n) is 1.15. The minimum Gasteiger partial charge on any atom is -0.612 e. The summed E-state index contributed by atoms with van der Waals surface area (Å²) in [6.07, 6.45) is 0. The van der Waals surface area contributed by atoms with Crippen molar-refractivity contribution >= 4 is 23.9 Å². The molecule has 0 radical (unpaired) electrons. The third-order valence-corrected chi connectivity index (χ3v) is 1.29. The summed E-state index contributed by atoms with van der Waals surface area (Å²) in [5, 5.41) is 10.1. The Morgan fingerprint density at radius 2 is 2.25 bits per heavy atom. The highest BCUT2D eigenvalue weighted by molar-refractivity contribution is 7.92. The van der Waals surface area contributed by atoms with E-state index in [0.29, 0.717) is 12.1 Å². The first kappa shape index (κ1) is 5.54. The Morgan fingerprint density at radius 1 is 1.62 bits per heavy atom. The van der Waals surface area contributed by atoms with E-state index in [1.165, 1.54) is 0 Å². The van der Waals surface area contributed by atoms with Crippen LogP contribution in [0.25, 0.3) is 0 Å². The highest BCUT2D eigenvalue weighted by atomic mass is 32.2. The molecule has 6 heteroatoms. The van der Waals surface area contributed by atoms with E-state index in [1.807, 2.05) is 4.72 Å². The maximum atomic E-state index is 10.1. The molecule has 1 heterocycles. The molecule has 0 aromatic rings. The quantitative estimate of drug-likeness (QED) is 0.220. The van der Waals surface area contributed by atoms with Gasteiger partial charge in [-0.25, -0.2) is 14.0 Å². The molecule has 1 atom stereocenters. The Hall–Kier alpha value is -0.590. The number of hydroxylamine groups is 1. The van der Waals surface area contributed by atoms with Crippen LogP contribution in [0.3, 0.4) is 0 Å². The Bertz CT molecular complexity index is 146. The van der Waals surface area contributed by atoms with Crippen molar-refractivity contribution in [3.8, 4) is 0 Å². The summed E-state index contributed by atoms with van der Waals surface area (Å²) in [7, 11) is 0. The highest BCUT2D eigenvalue weighted by Crippen LogP contribution is 1.84. The van der Waals surface area contributed by atoms with Crippen molar-refractivity contribution in [1.29, 1.82) is 0 Å². The van der Waals surface area contributed by atoms with E-state index in [2.05, 4.69) is 0 Å². The van der Waals surface area contributed by atoms with Gasteiger partial charge in [0.25, 0.3) is 0 Å². The maximum absolute atomic E-state index is 10.1. The predicted molar refractivity (Wildman–Crippen MR) is 25.1 cm³/mol. The minimum absolute atomic E-state index is 0.525. The number of rotatable bonds is 0. The van der Waals surface area contributed by atoms with E-state index in [4.69, 9.17) is 0 Å². The van der Waals surface area contributed by atoms with Gasteiger partial charge in [0, 0.05) is 0 Å². The van der Waals surface area contributed by atoms with E-state index >= 15 is 0 Å². The standard InChI is InChI=1S/C2H2N2O3S/c5-1-2(6)4(7)8-3-1/h4H,(H,3,5). The number of quaternary nitrogens is 1. The monoisotopic (exact) mass is 134 g/mol. The number of hydrogen-bond acceptors (Lipinski definition) is 4. The lowest BCUT2D eigenvalue weighted by molar-refractivity contribution is -0.596. The van der Waals surface area contributed by atoms with Crippen LogP contribution in [0.2, 0.25) is 0 Å². The van der Waals surface area contributed by atoms with Gasteiger partial charge in [-0.1, -0.05) is 0 Å². The van der Waals surface area contributed by atoms with Gasteiger partial charge in [-0.05, 0) is 0 Å². The van der Waals surface area contributed by atoms with Crippen LogP contribution >= 0.6 is 12.1 Å². The van der Waals surface area contributed by atoms with Gasteiger partial charge < -0.3 is 5.21 Å². The summed E-state index contributed by atoms with van der Waals surface area (Å²) >= 11 is 0.525. The van der Waals surface area contributed by atoms with Crippen molar-refractivity contribution < 1.29 is 14.1 Å². The summed E-state index contributed by atoms with van der Waals surface area (Å²) in [5.41, 5.74) is 0. The van der Waals surface area contributed by atoms with Crippen molar-refractivity contribution in [2.45, 2.75) is 0 Å². The van der Waals surface area contributed by atoms with Crippen LogP contribution in [-0.4, -0.2) is 11.8 Å². The predicted octanol–water partition coefficient (Wildman–Crippen LogP) is -2.41. The van der Waals surface area contributed by atoms with Crippen molar-refractivity contribution in [2.24, 2.45) is 0 Å². The fourth-order valence-electron chi connectivity index (χ4n) is 0.278. The van der Waals surface area contributed by atoms with Crippen molar-refractivity contribution in [3.63, 3.8) is 0 Å². The van der Waals surface area contributed by atoms with Gasteiger partial charge in [-0.2, -0.15) is 0 Å². The molecule has 0 bridgehead atoms. The molecule has 1 aliphatic rings. The van der Waals surface area contributed by atoms with Crippen molar-refractivity contribution in [1.82, 2.24) is 4.72 Å². The van der Waals surface area contributed by atoms with Gasteiger partial charge in [0.1, 0.15) is 0 Å². The molecule has 0 aliphatic carbocycles. The molecule has 44 valence electrons. The molecule has 5 nitrogen and oxygen atoms in total. The van der Waals surface area contributed by atoms with E-state index in [1.54, 1.807) is 0 Å². The second-order valence-corrected chi connectivity index (χ2v) is 1.93. The first-order valence-electron chi connectivity index (χ1n) is 1.77. The van der Waals surface area contributed by atoms with E-state index in [0.717, 1.165) is 0 Å². The Labute approximate surface area is 48.9 Å².